The Morgan fingerprint density at radius 2 is 2.07 bits per heavy atom. The van der Waals surface area contributed by atoms with E-state index in [-0.39, 0.29) is 12.6 Å². The molecule has 0 aliphatic heterocycles. The molecule has 0 nitrogen and oxygen atoms in total. The van der Waals surface area contributed by atoms with Gasteiger partial charge in [0.1, 0.15) is 6.67 Å². The third-order valence-electron chi connectivity index (χ3n) is 2.14. The molecule has 0 unspecified atom stereocenters. The van der Waals surface area contributed by atoms with Crippen LogP contribution < -0.4 is 0 Å². The van der Waals surface area contributed by atoms with Crippen LogP contribution in [0.5, 0.6) is 0 Å². The minimum Gasteiger partial charge on any atom is -0.246 e. The number of hydrogen-bond donors (Lipinski definition) is 0. The maximum absolute atomic E-state index is 12.6. The van der Waals surface area contributed by atoms with Gasteiger partial charge in [0.2, 0.25) is 0 Å². The standard InChI is InChI=1S/C13H21F/c1-5-7-12(8-6-2)9-13(10-14)11(3)4/h5,7,9,11H,1,6,8,10H2,2-4H3/b12-7-,13-9+. The van der Waals surface area contributed by atoms with E-state index in [2.05, 4.69) is 13.5 Å². The van der Waals surface area contributed by atoms with E-state index in [9.17, 15) is 4.39 Å². The third kappa shape index (κ3) is 5.00. The molecule has 80 valence electrons. The van der Waals surface area contributed by atoms with Crippen LogP contribution in [0.4, 0.5) is 4.39 Å². The van der Waals surface area contributed by atoms with Crippen LogP contribution in [0.3, 0.4) is 0 Å². The van der Waals surface area contributed by atoms with Gasteiger partial charge in [-0.25, -0.2) is 4.39 Å². The molecule has 0 aromatic rings. The van der Waals surface area contributed by atoms with E-state index in [0.29, 0.717) is 0 Å². The normalized spacial score (nSPS) is 13.5. The first-order valence-corrected chi connectivity index (χ1v) is 5.23. The molecule has 0 aliphatic carbocycles. The maximum atomic E-state index is 12.6. The van der Waals surface area contributed by atoms with Gasteiger partial charge in [-0.1, -0.05) is 52.0 Å². The largest absolute Gasteiger partial charge is 0.246 e. The minimum absolute atomic E-state index is 0.282. The second-order valence-corrected chi connectivity index (χ2v) is 3.73. The van der Waals surface area contributed by atoms with Crippen molar-refractivity contribution < 1.29 is 4.39 Å². The topological polar surface area (TPSA) is 0 Å². The fraction of sp³-hybridized carbons (Fsp3) is 0.538. The summed E-state index contributed by atoms with van der Waals surface area (Å²) >= 11 is 0. The molecule has 14 heavy (non-hydrogen) atoms. The number of alkyl halides is 1. The monoisotopic (exact) mass is 196 g/mol. The van der Waals surface area contributed by atoms with Gasteiger partial charge >= 0.3 is 0 Å². The molecule has 0 heterocycles. The molecule has 0 saturated carbocycles. The number of hydrogen-bond acceptors (Lipinski definition) is 0. The zero-order chi connectivity index (χ0) is 11.0. The van der Waals surface area contributed by atoms with E-state index in [4.69, 9.17) is 0 Å². The van der Waals surface area contributed by atoms with Crippen molar-refractivity contribution in [3.8, 4) is 0 Å². The van der Waals surface area contributed by atoms with Crippen molar-refractivity contribution in [1.29, 1.82) is 0 Å². The predicted molar refractivity (Wildman–Crippen MR) is 62.1 cm³/mol. The third-order valence-corrected chi connectivity index (χ3v) is 2.14. The summed E-state index contributed by atoms with van der Waals surface area (Å²) in [7, 11) is 0. The van der Waals surface area contributed by atoms with Gasteiger partial charge in [0, 0.05) is 0 Å². The first-order chi connectivity index (χ1) is 6.65. The van der Waals surface area contributed by atoms with Crippen LogP contribution in [0.15, 0.2) is 36.0 Å². The Labute approximate surface area is 87.2 Å². The zero-order valence-electron chi connectivity index (χ0n) is 9.52. The highest BCUT2D eigenvalue weighted by atomic mass is 19.1. The molecule has 0 aromatic heterocycles. The van der Waals surface area contributed by atoms with Crippen molar-refractivity contribution in [3.05, 3.63) is 36.0 Å². The first-order valence-electron chi connectivity index (χ1n) is 5.23. The molecule has 0 fully saturated rings. The molecule has 0 rings (SSSR count). The summed E-state index contributed by atoms with van der Waals surface area (Å²) in [6.45, 7) is 9.46. The predicted octanol–water partition coefficient (Wildman–Crippen LogP) is 4.45. The maximum Gasteiger partial charge on any atom is 0.111 e. The zero-order valence-corrected chi connectivity index (χ0v) is 9.52. The molecule has 0 aliphatic rings. The van der Waals surface area contributed by atoms with Crippen LogP contribution in [-0.2, 0) is 0 Å². The minimum atomic E-state index is -0.351. The molecular formula is C13H21F. The molecule has 0 atom stereocenters. The lowest BCUT2D eigenvalue weighted by molar-refractivity contribution is 0.508. The van der Waals surface area contributed by atoms with E-state index in [1.807, 2.05) is 26.0 Å². The van der Waals surface area contributed by atoms with Gasteiger partial charge in [0.15, 0.2) is 0 Å². The van der Waals surface area contributed by atoms with Crippen LogP contribution in [0.2, 0.25) is 0 Å². The lowest BCUT2D eigenvalue weighted by Crippen LogP contribution is -1.97. The molecule has 0 amide bonds. The quantitative estimate of drug-likeness (QED) is 0.550. The Kier molecular flexibility index (Phi) is 7.09. The lowest BCUT2D eigenvalue weighted by Gasteiger charge is -2.08. The smallest absolute Gasteiger partial charge is 0.111 e. The van der Waals surface area contributed by atoms with E-state index in [0.717, 1.165) is 18.4 Å². The molecule has 1 heteroatoms. The van der Waals surface area contributed by atoms with Crippen molar-refractivity contribution in [2.24, 2.45) is 5.92 Å². The Hall–Kier alpha value is -0.850. The summed E-state index contributed by atoms with van der Waals surface area (Å²) < 4.78 is 12.6. The van der Waals surface area contributed by atoms with Crippen molar-refractivity contribution in [1.82, 2.24) is 0 Å². The van der Waals surface area contributed by atoms with Gasteiger partial charge in [-0.15, -0.1) is 0 Å². The molecule has 0 bridgehead atoms. The highest BCUT2D eigenvalue weighted by Crippen LogP contribution is 2.16. The summed E-state index contributed by atoms with van der Waals surface area (Å²) in [6.07, 6.45) is 7.76. The average Bonchev–Trinajstić information content (AvgIpc) is 2.14. The number of halogens is 1. The Bertz CT molecular complexity index is 221. The van der Waals surface area contributed by atoms with Crippen molar-refractivity contribution in [2.75, 3.05) is 6.67 Å². The van der Waals surface area contributed by atoms with Gasteiger partial charge in [0.05, 0.1) is 0 Å². The second-order valence-electron chi connectivity index (χ2n) is 3.73. The summed E-state index contributed by atoms with van der Waals surface area (Å²) in [5.74, 6) is 0.282. The van der Waals surface area contributed by atoms with Crippen molar-refractivity contribution in [2.45, 2.75) is 33.6 Å². The van der Waals surface area contributed by atoms with E-state index in [1.54, 1.807) is 6.08 Å². The Morgan fingerprint density at radius 1 is 1.43 bits per heavy atom. The van der Waals surface area contributed by atoms with Crippen LogP contribution in [0.25, 0.3) is 0 Å². The van der Waals surface area contributed by atoms with Crippen LogP contribution in [0, 0.1) is 5.92 Å². The molecule has 0 radical (unpaired) electrons. The van der Waals surface area contributed by atoms with Crippen LogP contribution >= 0.6 is 0 Å². The SMILES string of the molecule is C=C/C=C(\C=C(/CF)C(C)C)CCC. The Morgan fingerprint density at radius 3 is 2.43 bits per heavy atom. The van der Waals surface area contributed by atoms with Crippen molar-refractivity contribution in [3.63, 3.8) is 0 Å². The second kappa shape index (κ2) is 7.54. The highest BCUT2D eigenvalue weighted by molar-refractivity contribution is 5.27. The van der Waals surface area contributed by atoms with E-state index < -0.39 is 0 Å². The van der Waals surface area contributed by atoms with E-state index in [1.165, 1.54) is 5.57 Å². The Balaban J connectivity index is 4.67. The van der Waals surface area contributed by atoms with E-state index >= 15 is 0 Å². The van der Waals surface area contributed by atoms with Gasteiger partial charge < -0.3 is 0 Å². The number of rotatable bonds is 6. The summed E-state index contributed by atoms with van der Waals surface area (Å²) in [6, 6.07) is 0. The summed E-state index contributed by atoms with van der Waals surface area (Å²) in [5, 5.41) is 0. The lowest BCUT2D eigenvalue weighted by atomic mass is 9.99. The average molecular weight is 196 g/mol. The van der Waals surface area contributed by atoms with Crippen LogP contribution in [0.1, 0.15) is 33.6 Å². The molecule has 0 N–H and O–H groups in total. The molecule has 0 saturated heterocycles. The molecule has 0 spiro atoms. The fourth-order valence-corrected chi connectivity index (χ4v) is 1.24. The van der Waals surface area contributed by atoms with Crippen LogP contribution in [-0.4, -0.2) is 6.67 Å². The summed E-state index contributed by atoms with van der Waals surface area (Å²) in [4.78, 5) is 0. The van der Waals surface area contributed by atoms with Gasteiger partial charge in [0.25, 0.3) is 0 Å². The van der Waals surface area contributed by atoms with Crippen molar-refractivity contribution >= 4 is 0 Å². The fourth-order valence-electron chi connectivity index (χ4n) is 1.24. The highest BCUT2D eigenvalue weighted by Gasteiger charge is 2.03. The van der Waals surface area contributed by atoms with Gasteiger partial charge in [-0.05, 0) is 23.5 Å². The summed E-state index contributed by atoms with van der Waals surface area (Å²) in [5.41, 5.74) is 2.04. The molecule has 0 aromatic carbocycles. The van der Waals surface area contributed by atoms with Gasteiger partial charge in [-0.3, -0.25) is 0 Å². The molecular weight excluding hydrogens is 175 g/mol. The van der Waals surface area contributed by atoms with Gasteiger partial charge in [-0.2, -0.15) is 0 Å². The number of allylic oxidation sites excluding steroid dienone is 5. The first kappa shape index (κ1) is 13.2.